The Morgan fingerprint density at radius 1 is 1.22 bits per heavy atom. The van der Waals surface area contributed by atoms with Crippen LogP contribution in [0.2, 0.25) is 0 Å². The minimum Gasteiger partial charge on any atom is -0.390 e. The monoisotopic (exact) mass is 328 g/mol. The highest BCUT2D eigenvalue weighted by molar-refractivity contribution is 5.78. The molecule has 0 aromatic carbocycles. The van der Waals surface area contributed by atoms with Crippen LogP contribution in [0.5, 0.6) is 0 Å². The molecule has 0 aromatic rings. The Morgan fingerprint density at radius 2 is 1.83 bits per heavy atom. The molecule has 6 nitrogen and oxygen atoms in total. The van der Waals surface area contributed by atoms with Gasteiger partial charge >= 0.3 is 0 Å². The quantitative estimate of drug-likeness (QED) is 0.463. The van der Waals surface area contributed by atoms with E-state index in [0.717, 1.165) is 25.7 Å². The number of hydrogen-bond acceptors (Lipinski definition) is 5. The fraction of sp³-hybridized carbons (Fsp3) is 0.882. The van der Waals surface area contributed by atoms with Crippen LogP contribution in [0, 0.1) is 17.8 Å². The van der Waals surface area contributed by atoms with Gasteiger partial charge in [0.1, 0.15) is 12.4 Å². The molecule has 0 spiro atoms. The van der Waals surface area contributed by atoms with Gasteiger partial charge in [-0.1, -0.05) is 46.0 Å². The molecule has 0 unspecified atom stereocenters. The highest BCUT2D eigenvalue weighted by atomic mass is 16.3. The average Bonchev–Trinajstić information content (AvgIpc) is 2.54. The molecule has 134 valence electrons. The summed E-state index contributed by atoms with van der Waals surface area (Å²) in [6, 6.07) is -0.578. The van der Waals surface area contributed by atoms with Gasteiger partial charge in [0.05, 0.1) is 18.7 Å². The van der Waals surface area contributed by atoms with E-state index >= 15 is 0 Å². The number of rotatable bonds is 9. The first-order chi connectivity index (χ1) is 10.9. The Balaban J connectivity index is 2.79. The lowest BCUT2D eigenvalue weighted by Crippen LogP contribution is -2.53. The van der Waals surface area contributed by atoms with E-state index in [1.165, 1.54) is 6.42 Å². The van der Waals surface area contributed by atoms with Gasteiger partial charge in [0.15, 0.2) is 0 Å². The van der Waals surface area contributed by atoms with Crippen LogP contribution in [0.15, 0.2) is 0 Å². The third-order valence-electron chi connectivity index (χ3n) is 4.93. The summed E-state index contributed by atoms with van der Waals surface area (Å²) in [4.78, 5) is 22.9. The van der Waals surface area contributed by atoms with Crippen molar-refractivity contribution in [2.45, 2.75) is 70.6 Å². The summed E-state index contributed by atoms with van der Waals surface area (Å²) in [7, 11) is 0. The molecule has 0 aliphatic heterocycles. The van der Waals surface area contributed by atoms with E-state index in [0.29, 0.717) is 18.6 Å². The summed E-state index contributed by atoms with van der Waals surface area (Å²) >= 11 is 0. The molecule has 0 heterocycles. The van der Waals surface area contributed by atoms with Gasteiger partial charge in [-0.25, -0.2) is 0 Å². The van der Waals surface area contributed by atoms with Gasteiger partial charge in [0.25, 0.3) is 0 Å². The molecule has 1 aliphatic rings. The summed E-state index contributed by atoms with van der Waals surface area (Å²) in [5.41, 5.74) is 5.35. The van der Waals surface area contributed by atoms with Crippen molar-refractivity contribution in [1.82, 2.24) is 5.32 Å². The standard InChI is InChI=1S/C17H32N2O4/c1-11(2)13(10-20)16(22)17(23)14(19-15(21)9-18)8-12-6-4-3-5-7-12/h10-14,16-17,22-23H,3-9,18H2,1-2H3,(H,19,21)/t13-,14+,16-,17-/m1/s1. The molecule has 0 saturated heterocycles. The summed E-state index contributed by atoms with van der Waals surface area (Å²) < 4.78 is 0. The van der Waals surface area contributed by atoms with Crippen LogP contribution in [-0.4, -0.2) is 47.2 Å². The summed E-state index contributed by atoms with van der Waals surface area (Å²) in [6.45, 7) is 3.48. The number of amides is 1. The van der Waals surface area contributed by atoms with E-state index in [4.69, 9.17) is 5.73 Å². The molecule has 5 N–H and O–H groups in total. The van der Waals surface area contributed by atoms with Gasteiger partial charge in [-0.3, -0.25) is 4.79 Å². The topological polar surface area (TPSA) is 113 Å². The second-order valence-electron chi connectivity index (χ2n) is 7.06. The zero-order chi connectivity index (χ0) is 17.4. The Bertz CT molecular complexity index is 370. The van der Waals surface area contributed by atoms with Crippen molar-refractivity contribution in [1.29, 1.82) is 0 Å². The van der Waals surface area contributed by atoms with E-state index in [1.54, 1.807) is 0 Å². The van der Waals surface area contributed by atoms with Gasteiger partial charge in [0.2, 0.25) is 5.91 Å². The maximum Gasteiger partial charge on any atom is 0.234 e. The molecule has 1 rings (SSSR count). The van der Waals surface area contributed by atoms with E-state index in [2.05, 4.69) is 5.32 Å². The maximum absolute atomic E-state index is 11.7. The number of carbonyl (C=O) groups excluding carboxylic acids is 2. The smallest absolute Gasteiger partial charge is 0.234 e. The highest BCUT2D eigenvalue weighted by Gasteiger charge is 2.35. The minimum atomic E-state index is -1.20. The number of nitrogens with one attached hydrogen (secondary N) is 1. The lowest BCUT2D eigenvalue weighted by molar-refractivity contribution is -0.125. The summed E-state index contributed by atoms with van der Waals surface area (Å²) in [6.07, 6.45) is 4.59. The van der Waals surface area contributed by atoms with Crippen molar-refractivity contribution < 1.29 is 19.8 Å². The van der Waals surface area contributed by atoms with Crippen LogP contribution in [-0.2, 0) is 9.59 Å². The van der Waals surface area contributed by atoms with Crippen molar-refractivity contribution in [2.75, 3.05) is 6.54 Å². The van der Waals surface area contributed by atoms with Gasteiger partial charge in [-0.15, -0.1) is 0 Å². The fourth-order valence-corrected chi connectivity index (χ4v) is 3.43. The molecule has 4 atom stereocenters. The van der Waals surface area contributed by atoms with Crippen LogP contribution >= 0.6 is 0 Å². The molecular weight excluding hydrogens is 296 g/mol. The number of aliphatic hydroxyl groups is 2. The Morgan fingerprint density at radius 3 is 2.30 bits per heavy atom. The molecule has 1 aliphatic carbocycles. The molecule has 6 heteroatoms. The number of aldehydes is 1. The second-order valence-corrected chi connectivity index (χ2v) is 7.06. The van der Waals surface area contributed by atoms with Crippen LogP contribution in [0.3, 0.4) is 0 Å². The van der Waals surface area contributed by atoms with E-state index in [-0.39, 0.29) is 18.4 Å². The van der Waals surface area contributed by atoms with Crippen LogP contribution in [0.4, 0.5) is 0 Å². The van der Waals surface area contributed by atoms with Crippen molar-refractivity contribution in [3.05, 3.63) is 0 Å². The first kappa shape index (κ1) is 20.1. The second kappa shape index (κ2) is 10.0. The first-order valence-electron chi connectivity index (χ1n) is 8.71. The molecule has 1 saturated carbocycles. The van der Waals surface area contributed by atoms with Gasteiger partial charge in [-0.05, 0) is 18.3 Å². The van der Waals surface area contributed by atoms with Crippen molar-refractivity contribution >= 4 is 12.2 Å². The van der Waals surface area contributed by atoms with E-state index < -0.39 is 24.2 Å². The molecule has 0 bridgehead atoms. The predicted molar refractivity (Wildman–Crippen MR) is 88.6 cm³/mol. The molecule has 0 radical (unpaired) electrons. The lowest BCUT2D eigenvalue weighted by atomic mass is 9.80. The van der Waals surface area contributed by atoms with Gasteiger partial charge < -0.3 is 26.1 Å². The van der Waals surface area contributed by atoms with Crippen molar-refractivity contribution in [2.24, 2.45) is 23.5 Å². The lowest BCUT2D eigenvalue weighted by Gasteiger charge is -2.34. The molecule has 23 heavy (non-hydrogen) atoms. The van der Waals surface area contributed by atoms with Gasteiger partial charge in [-0.2, -0.15) is 0 Å². The number of aliphatic hydroxyl groups excluding tert-OH is 2. The van der Waals surface area contributed by atoms with Crippen LogP contribution in [0.1, 0.15) is 52.4 Å². The first-order valence-corrected chi connectivity index (χ1v) is 8.71. The minimum absolute atomic E-state index is 0.0855. The summed E-state index contributed by atoms with van der Waals surface area (Å²) in [5.74, 6) is -0.682. The predicted octanol–water partition coefficient (Wildman–Crippen LogP) is 0.593. The Labute approximate surface area is 138 Å². The maximum atomic E-state index is 11.7. The number of carbonyl (C=O) groups is 2. The van der Waals surface area contributed by atoms with Crippen LogP contribution < -0.4 is 11.1 Å². The zero-order valence-corrected chi connectivity index (χ0v) is 14.3. The highest BCUT2D eigenvalue weighted by Crippen LogP contribution is 2.29. The fourth-order valence-electron chi connectivity index (χ4n) is 3.43. The van der Waals surface area contributed by atoms with Crippen molar-refractivity contribution in [3.8, 4) is 0 Å². The molecule has 0 aromatic heterocycles. The van der Waals surface area contributed by atoms with E-state index in [1.807, 2.05) is 13.8 Å². The third-order valence-corrected chi connectivity index (χ3v) is 4.93. The SMILES string of the molecule is CC(C)[C@@H](C=O)[C@@H](O)[C@H](O)[C@H](CC1CCCCC1)NC(=O)CN. The largest absolute Gasteiger partial charge is 0.390 e. The molecular formula is C17H32N2O4. The Kier molecular flexibility index (Phi) is 8.73. The van der Waals surface area contributed by atoms with Gasteiger partial charge in [0, 0.05) is 5.92 Å². The van der Waals surface area contributed by atoms with Crippen LogP contribution in [0.25, 0.3) is 0 Å². The Hall–Kier alpha value is -0.980. The summed E-state index contributed by atoms with van der Waals surface area (Å²) in [5, 5.41) is 23.6. The van der Waals surface area contributed by atoms with Crippen molar-refractivity contribution in [3.63, 3.8) is 0 Å². The molecule has 1 amide bonds. The average molecular weight is 328 g/mol. The third kappa shape index (κ3) is 6.20. The molecule has 1 fully saturated rings. The normalized spacial score (nSPS) is 21.5. The zero-order valence-electron chi connectivity index (χ0n) is 14.3. The number of hydrogen-bond donors (Lipinski definition) is 4. The van der Waals surface area contributed by atoms with E-state index in [9.17, 15) is 19.8 Å². The number of nitrogens with two attached hydrogens (primary N) is 1.